The molecule has 0 unspecified atom stereocenters. The molecule has 0 spiro atoms. The van der Waals surface area contributed by atoms with Crippen LogP contribution in [0.4, 0.5) is 11.8 Å². The van der Waals surface area contributed by atoms with Gasteiger partial charge in [0.15, 0.2) is 11.5 Å². The van der Waals surface area contributed by atoms with E-state index in [0.29, 0.717) is 27.4 Å². The Balaban J connectivity index is 1.71. The molecule has 3 aromatic heterocycles. The van der Waals surface area contributed by atoms with Crippen LogP contribution in [0.15, 0.2) is 65.7 Å². The van der Waals surface area contributed by atoms with Crippen molar-refractivity contribution in [3.63, 3.8) is 0 Å². The highest BCUT2D eigenvalue weighted by Crippen LogP contribution is 2.28. The molecule has 1 atom stereocenters. The molecule has 3 heterocycles. The van der Waals surface area contributed by atoms with Crippen molar-refractivity contribution < 1.29 is 0 Å². The average molecular weight is 432 g/mol. The highest BCUT2D eigenvalue weighted by Gasteiger charge is 2.19. The molecule has 4 N–H and O–H groups in total. The van der Waals surface area contributed by atoms with E-state index in [4.69, 9.17) is 17.3 Å². The maximum absolute atomic E-state index is 13.5. The zero-order chi connectivity index (χ0) is 21.5. The SMILES string of the molecule is C[C@H](Nc1nc(N)nc2[nH]cnc12)c1cc2cccc(Cl)c2c(=O)n1-c1ccccc1. The topological polar surface area (TPSA) is 115 Å². The maximum Gasteiger partial charge on any atom is 0.264 e. The van der Waals surface area contributed by atoms with Gasteiger partial charge in [-0.3, -0.25) is 9.36 Å². The van der Waals surface area contributed by atoms with Crippen molar-refractivity contribution in [1.82, 2.24) is 24.5 Å². The van der Waals surface area contributed by atoms with E-state index in [1.54, 1.807) is 10.6 Å². The molecule has 0 aliphatic rings. The van der Waals surface area contributed by atoms with Crippen molar-refractivity contribution >= 4 is 45.3 Å². The third kappa shape index (κ3) is 3.27. The summed E-state index contributed by atoms with van der Waals surface area (Å²) in [7, 11) is 0. The number of anilines is 2. The summed E-state index contributed by atoms with van der Waals surface area (Å²) in [5.74, 6) is 0.603. The van der Waals surface area contributed by atoms with Crippen molar-refractivity contribution in [1.29, 1.82) is 0 Å². The fourth-order valence-corrected chi connectivity index (χ4v) is 4.00. The van der Waals surface area contributed by atoms with Crippen molar-refractivity contribution in [2.24, 2.45) is 0 Å². The number of rotatable bonds is 4. The smallest absolute Gasteiger partial charge is 0.264 e. The van der Waals surface area contributed by atoms with E-state index in [1.165, 1.54) is 6.33 Å². The highest BCUT2D eigenvalue weighted by atomic mass is 35.5. The molecule has 2 aromatic carbocycles. The molecule has 31 heavy (non-hydrogen) atoms. The van der Waals surface area contributed by atoms with E-state index in [0.717, 1.165) is 16.8 Å². The number of nitrogens with zero attached hydrogens (tertiary/aromatic N) is 4. The largest absolute Gasteiger partial charge is 0.368 e. The van der Waals surface area contributed by atoms with Crippen molar-refractivity contribution in [2.75, 3.05) is 11.1 Å². The molecule has 0 saturated carbocycles. The highest BCUT2D eigenvalue weighted by molar-refractivity contribution is 6.35. The number of nitrogen functional groups attached to an aromatic ring is 1. The lowest BCUT2D eigenvalue weighted by molar-refractivity contribution is 0.774. The van der Waals surface area contributed by atoms with Crippen molar-refractivity contribution in [2.45, 2.75) is 13.0 Å². The normalized spacial score (nSPS) is 12.3. The van der Waals surface area contributed by atoms with Crippen LogP contribution in [0.25, 0.3) is 27.6 Å². The van der Waals surface area contributed by atoms with Crippen LogP contribution in [0, 0.1) is 0 Å². The van der Waals surface area contributed by atoms with Crippen LogP contribution in [-0.4, -0.2) is 24.5 Å². The zero-order valence-corrected chi connectivity index (χ0v) is 17.3. The lowest BCUT2D eigenvalue weighted by Crippen LogP contribution is -2.26. The van der Waals surface area contributed by atoms with Crippen LogP contribution in [0.3, 0.4) is 0 Å². The van der Waals surface area contributed by atoms with E-state index in [-0.39, 0.29) is 17.5 Å². The number of imidazole rings is 1. The van der Waals surface area contributed by atoms with Gasteiger partial charge in [0.2, 0.25) is 5.95 Å². The Morgan fingerprint density at radius 1 is 1.13 bits per heavy atom. The number of nitrogens with two attached hydrogens (primary N) is 1. The monoisotopic (exact) mass is 431 g/mol. The number of benzene rings is 2. The molecule has 0 aliphatic carbocycles. The van der Waals surface area contributed by atoms with E-state index >= 15 is 0 Å². The molecule has 9 heteroatoms. The Bertz CT molecular complexity index is 1480. The molecule has 0 fully saturated rings. The Labute approximate surface area is 181 Å². The molecular weight excluding hydrogens is 414 g/mol. The Hall–Kier alpha value is -3.91. The van der Waals surface area contributed by atoms with Crippen LogP contribution in [0.1, 0.15) is 18.7 Å². The molecular formula is C22H18ClN7O. The summed E-state index contributed by atoms with van der Waals surface area (Å²) in [5, 5.41) is 5.00. The second kappa shape index (κ2) is 7.41. The van der Waals surface area contributed by atoms with Gasteiger partial charge in [0.05, 0.1) is 22.8 Å². The number of pyridine rings is 1. The summed E-state index contributed by atoms with van der Waals surface area (Å²) < 4.78 is 1.66. The number of halogens is 1. The van der Waals surface area contributed by atoms with Crippen LogP contribution >= 0.6 is 11.6 Å². The van der Waals surface area contributed by atoms with E-state index in [1.807, 2.05) is 55.5 Å². The predicted molar refractivity (Wildman–Crippen MR) is 123 cm³/mol. The molecule has 0 saturated heterocycles. The summed E-state index contributed by atoms with van der Waals surface area (Å²) in [4.78, 5) is 29.2. The van der Waals surface area contributed by atoms with Gasteiger partial charge in [-0.2, -0.15) is 9.97 Å². The number of aromatic nitrogens is 5. The number of aromatic amines is 1. The first kappa shape index (κ1) is 19.1. The standard InChI is InChI=1S/C22H18ClN7O/c1-12(27-20-18-19(26-11-25-18)28-22(24)29-20)16-10-13-6-5-9-15(23)17(13)21(31)30(16)14-7-3-2-4-8-14/h2-12H,1H3,(H4,24,25,26,27,28,29)/t12-/m0/s1. The molecule has 154 valence electrons. The van der Waals surface area contributed by atoms with Crippen LogP contribution in [0.2, 0.25) is 5.02 Å². The number of H-pyrrole nitrogens is 1. The van der Waals surface area contributed by atoms with Crippen LogP contribution < -0.4 is 16.6 Å². The third-order valence-electron chi connectivity index (χ3n) is 5.13. The molecule has 0 amide bonds. The molecule has 5 rings (SSSR count). The second-order valence-electron chi connectivity index (χ2n) is 7.15. The summed E-state index contributed by atoms with van der Waals surface area (Å²) in [5.41, 5.74) is 8.25. The Morgan fingerprint density at radius 3 is 2.74 bits per heavy atom. The van der Waals surface area contributed by atoms with Gasteiger partial charge in [-0.25, -0.2) is 4.98 Å². The van der Waals surface area contributed by atoms with Gasteiger partial charge in [-0.15, -0.1) is 0 Å². The Morgan fingerprint density at radius 2 is 1.94 bits per heavy atom. The van der Waals surface area contributed by atoms with Gasteiger partial charge in [0.1, 0.15) is 5.52 Å². The average Bonchev–Trinajstić information content (AvgIpc) is 3.22. The molecule has 0 radical (unpaired) electrons. The number of hydrogen-bond acceptors (Lipinski definition) is 6. The van der Waals surface area contributed by atoms with E-state index in [2.05, 4.69) is 25.3 Å². The van der Waals surface area contributed by atoms with Crippen molar-refractivity contribution in [3.8, 4) is 5.69 Å². The van der Waals surface area contributed by atoms with Gasteiger partial charge in [0, 0.05) is 11.4 Å². The van der Waals surface area contributed by atoms with E-state index < -0.39 is 0 Å². The first-order chi connectivity index (χ1) is 15.0. The van der Waals surface area contributed by atoms with Gasteiger partial charge >= 0.3 is 0 Å². The minimum Gasteiger partial charge on any atom is -0.368 e. The quantitative estimate of drug-likeness (QED) is 0.395. The van der Waals surface area contributed by atoms with Crippen molar-refractivity contribution in [3.05, 3.63) is 82.0 Å². The van der Waals surface area contributed by atoms with E-state index in [9.17, 15) is 4.79 Å². The summed E-state index contributed by atoms with van der Waals surface area (Å²) in [6.07, 6.45) is 1.53. The van der Waals surface area contributed by atoms with Gasteiger partial charge < -0.3 is 16.0 Å². The lowest BCUT2D eigenvalue weighted by Gasteiger charge is -2.21. The van der Waals surface area contributed by atoms with Gasteiger partial charge in [-0.1, -0.05) is 41.9 Å². The predicted octanol–water partition coefficient (Wildman–Crippen LogP) is 4.07. The fraction of sp³-hybridized carbons (Fsp3) is 0.0909. The first-order valence-corrected chi connectivity index (χ1v) is 10.0. The molecule has 8 nitrogen and oxygen atoms in total. The summed E-state index contributed by atoms with van der Waals surface area (Å²) in [6.45, 7) is 1.95. The first-order valence-electron chi connectivity index (χ1n) is 9.65. The fourth-order valence-electron chi connectivity index (χ4n) is 3.73. The minimum absolute atomic E-state index is 0.122. The Kier molecular flexibility index (Phi) is 4.56. The lowest BCUT2D eigenvalue weighted by atomic mass is 10.1. The molecule has 0 bridgehead atoms. The van der Waals surface area contributed by atoms with Gasteiger partial charge in [-0.05, 0) is 36.6 Å². The van der Waals surface area contributed by atoms with Crippen LogP contribution in [0.5, 0.6) is 0 Å². The second-order valence-corrected chi connectivity index (χ2v) is 7.55. The number of para-hydroxylation sites is 1. The third-order valence-corrected chi connectivity index (χ3v) is 5.45. The van der Waals surface area contributed by atoms with Crippen LogP contribution in [-0.2, 0) is 0 Å². The summed E-state index contributed by atoms with van der Waals surface area (Å²) in [6, 6.07) is 16.5. The molecule has 5 aromatic rings. The van der Waals surface area contributed by atoms with Gasteiger partial charge in [0.25, 0.3) is 5.56 Å². The summed E-state index contributed by atoms with van der Waals surface area (Å²) >= 11 is 6.38. The number of fused-ring (bicyclic) bond motifs is 2. The maximum atomic E-state index is 13.5. The number of nitrogens with one attached hydrogen (secondary N) is 2. The minimum atomic E-state index is -0.314. The zero-order valence-electron chi connectivity index (χ0n) is 16.5. The molecule has 0 aliphatic heterocycles. The number of hydrogen-bond donors (Lipinski definition) is 3.